The van der Waals surface area contributed by atoms with Crippen LogP contribution >= 0.6 is 11.6 Å². The van der Waals surface area contributed by atoms with Crippen molar-refractivity contribution in [2.45, 2.75) is 18.8 Å². The monoisotopic (exact) mass is 453 g/mol. The third-order valence-corrected chi connectivity index (χ3v) is 6.20. The van der Waals surface area contributed by atoms with Gasteiger partial charge in [-0.3, -0.25) is 9.59 Å². The smallest absolute Gasteiger partial charge is 0.276 e. The zero-order chi connectivity index (χ0) is 22.2. The largest absolute Gasteiger partial charge is 0.335 e. The number of para-hydroxylation sites is 1. The molecule has 0 spiro atoms. The summed E-state index contributed by atoms with van der Waals surface area (Å²) in [6, 6.07) is 13.4. The number of hydrogen-bond acceptors (Lipinski definition) is 4. The first-order chi connectivity index (χ1) is 15.5. The van der Waals surface area contributed by atoms with Gasteiger partial charge in [0, 0.05) is 32.1 Å². The quantitative estimate of drug-likeness (QED) is 0.606. The van der Waals surface area contributed by atoms with Gasteiger partial charge < -0.3 is 9.80 Å². The molecule has 32 heavy (non-hydrogen) atoms. The number of amides is 2. The molecule has 0 atom stereocenters. The van der Waals surface area contributed by atoms with Crippen molar-refractivity contribution in [3.63, 3.8) is 0 Å². The Morgan fingerprint density at radius 1 is 0.938 bits per heavy atom. The van der Waals surface area contributed by atoms with Crippen molar-refractivity contribution in [2.24, 2.45) is 0 Å². The van der Waals surface area contributed by atoms with E-state index in [1.54, 1.807) is 14.5 Å². The summed E-state index contributed by atoms with van der Waals surface area (Å²) in [5.41, 5.74) is 2.39. The van der Waals surface area contributed by atoms with Crippen LogP contribution in [-0.4, -0.2) is 62.8 Å². The molecule has 0 radical (unpaired) electrons. The lowest BCUT2D eigenvalue weighted by Crippen LogP contribution is -2.50. The Morgan fingerprint density at radius 2 is 1.59 bits per heavy atom. The molecule has 2 aliphatic rings. The summed E-state index contributed by atoms with van der Waals surface area (Å²) in [6.45, 7) is 1.49. The van der Waals surface area contributed by atoms with E-state index in [1.807, 2.05) is 30.3 Å². The van der Waals surface area contributed by atoms with Gasteiger partial charge in [0.2, 0.25) is 0 Å². The molecule has 1 saturated carbocycles. The number of hydrogen-bond donors (Lipinski definition) is 0. The molecule has 164 valence electrons. The van der Waals surface area contributed by atoms with Crippen LogP contribution in [0.5, 0.6) is 0 Å². The van der Waals surface area contributed by atoms with Crippen LogP contribution in [0.25, 0.3) is 5.69 Å². The standard InChI is InChI=1S/C23H21ClFN5O2/c24-19-14-16(25)8-9-18(19)22(31)28-10-12-29(13-11-28)23(32)20-21(15-6-7-15)30(27-26-20)17-4-2-1-3-5-17/h1-5,8-9,14-15H,6-7,10-13H2. The van der Waals surface area contributed by atoms with Crippen LogP contribution in [0.2, 0.25) is 5.02 Å². The van der Waals surface area contributed by atoms with Crippen LogP contribution in [0.15, 0.2) is 48.5 Å². The number of halogens is 2. The molecule has 1 aromatic heterocycles. The Morgan fingerprint density at radius 3 is 2.22 bits per heavy atom. The Bertz CT molecular complexity index is 1170. The summed E-state index contributed by atoms with van der Waals surface area (Å²) < 4.78 is 15.1. The fourth-order valence-electron chi connectivity index (χ4n) is 4.02. The summed E-state index contributed by atoms with van der Waals surface area (Å²) in [4.78, 5) is 29.4. The predicted molar refractivity (Wildman–Crippen MR) is 117 cm³/mol. The number of benzene rings is 2. The number of carbonyl (C=O) groups excluding carboxylic acids is 2. The van der Waals surface area contributed by atoms with Gasteiger partial charge in [-0.1, -0.05) is 35.0 Å². The normalized spacial score (nSPS) is 16.3. The fraction of sp³-hybridized carbons (Fsp3) is 0.304. The third-order valence-electron chi connectivity index (χ3n) is 5.89. The molecule has 1 aliphatic heterocycles. The first-order valence-corrected chi connectivity index (χ1v) is 11.0. The molecule has 2 fully saturated rings. The van der Waals surface area contributed by atoms with Crippen molar-refractivity contribution >= 4 is 23.4 Å². The Labute approximate surface area is 189 Å². The van der Waals surface area contributed by atoms with Gasteiger partial charge in [0.05, 0.1) is 22.0 Å². The summed E-state index contributed by atoms with van der Waals surface area (Å²) in [5.74, 6) is -0.638. The minimum Gasteiger partial charge on any atom is -0.335 e. The van der Waals surface area contributed by atoms with Crippen molar-refractivity contribution in [3.05, 3.63) is 76.3 Å². The minimum atomic E-state index is -0.489. The molecule has 1 aliphatic carbocycles. The van der Waals surface area contributed by atoms with Crippen LogP contribution in [0, 0.1) is 5.82 Å². The molecule has 2 amide bonds. The van der Waals surface area contributed by atoms with E-state index in [-0.39, 0.29) is 28.3 Å². The molecule has 2 aromatic carbocycles. The molecule has 3 aromatic rings. The van der Waals surface area contributed by atoms with Crippen molar-refractivity contribution in [1.29, 1.82) is 0 Å². The van der Waals surface area contributed by atoms with E-state index < -0.39 is 5.82 Å². The summed E-state index contributed by atoms with van der Waals surface area (Å²) in [6.07, 6.45) is 2.03. The second-order valence-corrected chi connectivity index (χ2v) is 8.46. The van der Waals surface area contributed by atoms with Crippen LogP contribution < -0.4 is 0 Å². The molecule has 7 nitrogen and oxygen atoms in total. The molecule has 2 heterocycles. The molecule has 0 unspecified atom stereocenters. The van der Waals surface area contributed by atoms with E-state index in [4.69, 9.17) is 11.6 Å². The Hall–Kier alpha value is -3.26. The predicted octanol–water partition coefficient (Wildman–Crippen LogP) is 3.54. The van der Waals surface area contributed by atoms with E-state index in [2.05, 4.69) is 10.3 Å². The lowest BCUT2D eigenvalue weighted by molar-refractivity contribution is 0.0531. The molecule has 0 bridgehead atoms. The first-order valence-electron chi connectivity index (χ1n) is 10.6. The van der Waals surface area contributed by atoms with Crippen LogP contribution in [0.3, 0.4) is 0 Å². The molecular weight excluding hydrogens is 433 g/mol. The van der Waals surface area contributed by atoms with Gasteiger partial charge >= 0.3 is 0 Å². The molecule has 0 N–H and O–H groups in total. The molecular formula is C23H21ClFN5O2. The summed E-state index contributed by atoms with van der Waals surface area (Å²) in [5, 5.41) is 8.59. The fourth-order valence-corrected chi connectivity index (χ4v) is 4.27. The topological polar surface area (TPSA) is 71.3 Å². The number of carbonyl (C=O) groups is 2. The maximum Gasteiger partial charge on any atom is 0.276 e. The highest BCUT2D eigenvalue weighted by Gasteiger charge is 2.36. The minimum absolute atomic E-state index is 0.0834. The SMILES string of the molecule is O=C(c1ccc(F)cc1Cl)N1CCN(C(=O)c2nnn(-c3ccccc3)c2C2CC2)CC1. The zero-order valence-corrected chi connectivity index (χ0v) is 18.0. The highest BCUT2D eigenvalue weighted by Crippen LogP contribution is 2.42. The lowest BCUT2D eigenvalue weighted by atomic mass is 10.1. The van der Waals surface area contributed by atoms with Crippen molar-refractivity contribution in [1.82, 2.24) is 24.8 Å². The molecule has 5 rings (SSSR count). The average molecular weight is 454 g/mol. The van der Waals surface area contributed by atoms with E-state index in [1.165, 1.54) is 12.1 Å². The van der Waals surface area contributed by atoms with Gasteiger partial charge in [0.25, 0.3) is 11.8 Å². The number of piperazine rings is 1. The number of aromatic nitrogens is 3. The number of nitrogens with zero attached hydrogens (tertiary/aromatic N) is 5. The Balaban J connectivity index is 1.31. The number of rotatable bonds is 4. The summed E-state index contributed by atoms with van der Waals surface area (Å²) in [7, 11) is 0. The highest BCUT2D eigenvalue weighted by molar-refractivity contribution is 6.33. The van der Waals surface area contributed by atoms with Crippen LogP contribution in [0.1, 0.15) is 45.3 Å². The lowest BCUT2D eigenvalue weighted by Gasteiger charge is -2.34. The molecule has 1 saturated heterocycles. The van der Waals surface area contributed by atoms with Crippen LogP contribution in [0.4, 0.5) is 4.39 Å². The second-order valence-electron chi connectivity index (χ2n) is 8.05. The van der Waals surface area contributed by atoms with Crippen molar-refractivity contribution < 1.29 is 14.0 Å². The average Bonchev–Trinajstić information content (AvgIpc) is 3.56. The van der Waals surface area contributed by atoms with E-state index in [0.717, 1.165) is 30.3 Å². The van der Waals surface area contributed by atoms with Gasteiger partial charge in [-0.2, -0.15) is 0 Å². The van der Waals surface area contributed by atoms with Crippen molar-refractivity contribution in [3.8, 4) is 5.69 Å². The van der Waals surface area contributed by atoms with Gasteiger partial charge in [-0.15, -0.1) is 5.10 Å². The zero-order valence-electron chi connectivity index (χ0n) is 17.2. The molecule has 9 heteroatoms. The maximum atomic E-state index is 13.3. The van der Waals surface area contributed by atoms with Crippen LogP contribution in [-0.2, 0) is 0 Å². The van der Waals surface area contributed by atoms with Crippen molar-refractivity contribution in [2.75, 3.05) is 26.2 Å². The van der Waals surface area contributed by atoms with E-state index >= 15 is 0 Å². The van der Waals surface area contributed by atoms with Gasteiger partial charge in [0.15, 0.2) is 5.69 Å². The van der Waals surface area contributed by atoms with Gasteiger partial charge in [-0.05, 0) is 43.2 Å². The third kappa shape index (κ3) is 3.86. The van der Waals surface area contributed by atoms with Gasteiger partial charge in [-0.25, -0.2) is 9.07 Å². The first kappa shape index (κ1) is 20.6. The maximum absolute atomic E-state index is 13.3. The second kappa shape index (κ2) is 8.35. The summed E-state index contributed by atoms with van der Waals surface area (Å²) >= 11 is 6.04. The Kier molecular flexibility index (Phi) is 5.38. The van der Waals surface area contributed by atoms with E-state index in [9.17, 15) is 14.0 Å². The highest BCUT2D eigenvalue weighted by atomic mass is 35.5. The van der Waals surface area contributed by atoms with E-state index in [0.29, 0.717) is 31.9 Å². The van der Waals surface area contributed by atoms with Gasteiger partial charge in [0.1, 0.15) is 5.82 Å².